The number of aromatic nitrogens is 3. The molecule has 122 valence electrons. The minimum atomic E-state index is 0.150. The van der Waals surface area contributed by atoms with Crippen LogP contribution in [0, 0.1) is 13.8 Å². The van der Waals surface area contributed by atoms with Gasteiger partial charge in [0.15, 0.2) is 0 Å². The van der Waals surface area contributed by atoms with Crippen LogP contribution in [0.25, 0.3) is 0 Å². The fraction of sp³-hybridized carbons (Fsp3) is 0.500. The minimum absolute atomic E-state index is 0.150. The molecule has 1 aliphatic heterocycles. The van der Waals surface area contributed by atoms with Gasteiger partial charge in [0.1, 0.15) is 0 Å². The highest BCUT2D eigenvalue weighted by molar-refractivity contribution is 5.76. The Labute approximate surface area is 137 Å². The van der Waals surface area contributed by atoms with Crippen LogP contribution in [0.4, 0.5) is 0 Å². The van der Waals surface area contributed by atoms with E-state index < -0.39 is 0 Å². The maximum absolute atomic E-state index is 12.6. The minimum Gasteiger partial charge on any atom is -0.334 e. The van der Waals surface area contributed by atoms with E-state index in [9.17, 15) is 4.79 Å². The first-order valence-corrected chi connectivity index (χ1v) is 8.36. The van der Waals surface area contributed by atoms with Crippen LogP contribution in [0.3, 0.4) is 0 Å². The zero-order valence-electron chi connectivity index (χ0n) is 13.9. The first-order valence-electron chi connectivity index (χ1n) is 8.36. The summed E-state index contributed by atoms with van der Waals surface area (Å²) >= 11 is 0. The summed E-state index contributed by atoms with van der Waals surface area (Å²) in [6.45, 7) is 5.70. The van der Waals surface area contributed by atoms with Crippen LogP contribution in [0.5, 0.6) is 0 Å². The van der Waals surface area contributed by atoms with E-state index in [0.29, 0.717) is 6.42 Å². The Hall–Kier alpha value is -2.17. The van der Waals surface area contributed by atoms with Gasteiger partial charge < -0.3 is 4.90 Å². The largest absolute Gasteiger partial charge is 0.334 e. The number of amides is 1. The van der Waals surface area contributed by atoms with Crippen LogP contribution in [0.2, 0.25) is 0 Å². The number of carbonyl (C=O) groups excluding carboxylic acids is 1. The summed E-state index contributed by atoms with van der Waals surface area (Å²) in [4.78, 5) is 19.0. The Balaban J connectivity index is 1.56. The average Bonchev–Trinajstić information content (AvgIpc) is 3.15. The molecule has 0 radical (unpaired) electrons. The van der Waals surface area contributed by atoms with Crippen LogP contribution in [-0.4, -0.2) is 32.1 Å². The topological polar surface area (TPSA) is 51.0 Å². The Morgan fingerprint density at radius 2 is 2.22 bits per heavy atom. The van der Waals surface area contributed by atoms with Crippen molar-refractivity contribution in [3.05, 3.63) is 47.5 Å². The van der Waals surface area contributed by atoms with Crippen molar-refractivity contribution in [2.24, 2.45) is 0 Å². The smallest absolute Gasteiger partial charge is 0.223 e. The van der Waals surface area contributed by atoms with Gasteiger partial charge in [-0.1, -0.05) is 6.07 Å². The van der Waals surface area contributed by atoms with E-state index in [1.54, 1.807) is 6.20 Å². The predicted molar refractivity (Wildman–Crippen MR) is 88.9 cm³/mol. The monoisotopic (exact) mass is 312 g/mol. The lowest BCUT2D eigenvalue weighted by molar-refractivity contribution is -0.132. The second-order valence-electron chi connectivity index (χ2n) is 6.25. The molecule has 5 heteroatoms. The fourth-order valence-corrected chi connectivity index (χ4v) is 3.37. The maximum Gasteiger partial charge on any atom is 0.223 e. The summed E-state index contributed by atoms with van der Waals surface area (Å²) in [7, 11) is 0. The van der Waals surface area contributed by atoms with Crippen LogP contribution in [0.1, 0.15) is 48.8 Å². The average molecular weight is 312 g/mol. The molecule has 1 amide bonds. The van der Waals surface area contributed by atoms with Crippen LogP contribution in [-0.2, 0) is 11.3 Å². The predicted octanol–water partition coefficient (Wildman–Crippen LogP) is 3.04. The van der Waals surface area contributed by atoms with Gasteiger partial charge in [-0.25, -0.2) is 0 Å². The van der Waals surface area contributed by atoms with E-state index in [1.807, 2.05) is 34.7 Å². The molecule has 0 spiro atoms. The van der Waals surface area contributed by atoms with Gasteiger partial charge in [-0.2, -0.15) is 5.10 Å². The maximum atomic E-state index is 12.6. The summed E-state index contributed by atoms with van der Waals surface area (Å²) in [5.41, 5.74) is 3.20. The molecule has 3 rings (SSSR count). The summed E-state index contributed by atoms with van der Waals surface area (Å²) in [5.74, 6) is 0.236. The third kappa shape index (κ3) is 3.60. The molecular formula is C18H24N4O. The van der Waals surface area contributed by atoms with Crippen molar-refractivity contribution < 1.29 is 4.79 Å². The molecule has 1 saturated heterocycles. The number of carbonyl (C=O) groups is 1. The summed E-state index contributed by atoms with van der Waals surface area (Å²) in [5, 5.41) is 4.45. The summed E-state index contributed by atoms with van der Waals surface area (Å²) < 4.78 is 1.99. The molecule has 0 saturated carbocycles. The lowest BCUT2D eigenvalue weighted by atomic mass is 10.1. The SMILES string of the molecule is Cc1cc(C)n(CCCC(=O)N2CCCC2c2ccccn2)n1. The van der Waals surface area contributed by atoms with E-state index in [2.05, 4.69) is 23.1 Å². The number of hydrogen-bond donors (Lipinski definition) is 0. The highest BCUT2D eigenvalue weighted by Gasteiger charge is 2.30. The zero-order chi connectivity index (χ0) is 16.2. The molecule has 2 aromatic heterocycles. The fourth-order valence-electron chi connectivity index (χ4n) is 3.37. The quantitative estimate of drug-likeness (QED) is 0.852. The van der Waals surface area contributed by atoms with Crippen molar-refractivity contribution in [2.75, 3.05) is 6.54 Å². The highest BCUT2D eigenvalue weighted by atomic mass is 16.2. The number of likely N-dealkylation sites (tertiary alicyclic amines) is 1. The molecule has 2 aromatic rings. The Morgan fingerprint density at radius 1 is 1.35 bits per heavy atom. The first kappa shape index (κ1) is 15.7. The summed E-state index contributed by atoms with van der Waals surface area (Å²) in [6, 6.07) is 8.15. The number of rotatable bonds is 5. The van der Waals surface area contributed by atoms with Gasteiger partial charge in [-0.05, 0) is 51.3 Å². The van der Waals surface area contributed by atoms with Crippen molar-refractivity contribution in [1.29, 1.82) is 0 Å². The number of aryl methyl sites for hydroxylation is 3. The van der Waals surface area contributed by atoms with Gasteiger partial charge in [-0.15, -0.1) is 0 Å². The third-order valence-electron chi connectivity index (χ3n) is 4.47. The standard InChI is InChI=1S/C18H24N4O/c1-14-13-15(2)22(20-14)12-6-9-18(23)21-11-5-8-17(21)16-7-3-4-10-19-16/h3-4,7,10,13,17H,5-6,8-9,11-12H2,1-2H3. The molecule has 0 N–H and O–H groups in total. The number of pyridine rings is 1. The molecular weight excluding hydrogens is 288 g/mol. The normalized spacial score (nSPS) is 17.7. The van der Waals surface area contributed by atoms with Crippen molar-refractivity contribution in [3.8, 4) is 0 Å². The summed E-state index contributed by atoms with van der Waals surface area (Å²) in [6.07, 6.45) is 5.28. The molecule has 1 atom stereocenters. The van der Waals surface area contributed by atoms with E-state index in [1.165, 1.54) is 0 Å². The van der Waals surface area contributed by atoms with E-state index in [-0.39, 0.29) is 11.9 Å². The Bertz CT molecular complexity index is 665. The molecule has 1 unspecified atom stereocenters. The van der Waals surface area contributed by atoms with Crippen LogP contribution in [0.15, 0.2) is 30.5 Å². The molecule has 0 aliphatic carbocycles. The molecule has 1 fully saturated rings. The first-order chi connectivity index (χ1) is 11.1. The van der Waals surface area contributed by atoms with E-state index in [0.717, 1.165) is 49.4 Å². The van der Waals surface area contributed by atoms with Crippen molar-refractivity contribution in [2.45, 2.75) is 52.1 Å². The zero-order valence-corrected chi connectivity index (χ0v) is 13.9. The molecule has 3 heterocycles. The van der Waals surface area contributed by atoms with Crippen LogP contribution >= 0.6 is 0 Å². The van der Waals surface area contributed by atoms with Crippen molar-refractivity contribution in [3.63, 3.8) is 0 Å². The highest BCUT2D eigenvalue weighted by Crippen LogP contribution is 2.31. The molecule has 1 aliphatic rings. The van der Waals surface area contributed by atoms with Crippen LogP contribution < -0.4 is 0 Å². The van der Waals surface area contributed by atoms with Gasteiger partial charge >= 0.3 is 0 Å². The van der Waals surface area contributed by atoms with Gasteiger partial charge in [0.05, 0.1) is 17.4 Å². The number of hydrogen-bond acceptors (Lipinski definition) is 3. The molecule has 5 nitrogen and oxygen atoms in total. The van der Waals surface area contributed by atoms with E-state index >= 15 is 0 Å². The lowest BCUT2D eigenvalue weighted by Gasteiger charge is -2.24. The Morgan fingerprint density at radius 3 is 2.91 bits per heavy atom. The Kier molecular flexibility index (Phi) is 4.74. The van der Waals surface area contributed by atoms with Gasteiger partial charge in [0.2, 0.25) is 5.91 Å². The van der Waals surface area contributed by atoms with Gasteiger partial charge in [0.25, 0.3) is 0 Å². The van der Waals surface area contributed by atoms with Gasteiger partial charge in [0, 0.05) is 31.4 Å². The molecule has 0 bridgehead atoms. The van der Waals surface area contributed by atoms with Crippen molar-refractivity contribution in [1.82, 2.24) is 19.7 Å². The lowest BCUT2D eigenvalue weighted by Crippen LogP contribution is -2.31. The number of nitrogens with zero attached hydrogens (tertiary/aromatic N) is 4. The molecule has 0 aromatic carbocycles. The second-order valence-corrected chi connectivity index (χ2v) is 6.25. The van der Waals surface area contributed by atoms with Crippen molar-refractivity contribution >= 4 is 5.91 Å². The third-order valence-corrected chi connectivity index (χ3v) is 4.47. The van der Waals surface area contributed by atoms with E-state index in [4.69, 9.17) is 0 Å². The molecule has 23 heavy (non-hydrogen) atoms. The second kappa shape index (κ2) is 6.94. The van der Waals surface area contributed by atoms with Gasteiger partial charge in [-0.3, -0.25) is 14.5 Å².